The second-order valence-electron chi connectivity index (χ2n) is 15.2. The normalized spacial score (nSPS) is 16.2. The van der Waals surface area contributed by atoms with Crippen molar-refractivity contribution >= 4 is 26.0 Å². The van der Waals surface area contributed by atoms with E-state index in [4.69, 9.17) is 57.0 Å². The van der Waals surface area contributed by atoms with Crippen LogP contribution in [-0.2, 0) is 20.4 Å². The van der Waals surface area contributed by atoms with Crippen LogP contribution in [0.3, 0.4) is 0 Å². The standard InChI is InChI=1S/C31H57N4O4P.C8H6ClNO.C3H8O2.CHN/c1-2-3-4-5-6-7-8-9-10-11-12-13-14-15-16-17-18-19-24-37-40(36)38-25-27-20-23-30(39-27)28-21-22-29-31(32)33-26-34-35(28)29;9-8-2-6(4-10)1-7(3-8)5-11;1-3(2,4)5;1-2/h21-22,27,30,34,36H,2-20,23-26H2,1H3,(H2,32,33);1-3,11H,5H2;4-5H,1-2H3;1H. The lowest BCUT2D eigenvalue weighted by atomic mass is 10.0. The first-order chi connectivity index (χ1) is 27.9. The SMILES string of the molecule is C#N.CC(C)(O)O.CCCCCCCCCCCCCCCCCCCCOP(O)OCC1CCC(c2ccc3n2NCN=C3N)O1.N#Cc1cc(Cl)cc(CO)c1. The highest BCUT2D eigenvalue weighted by atomic mass is 35.5. The number of aromatic nitrogens is 1. The van der Waals surface area contributed by atoms with Gasteiger partial charge in [0.1, 0.15) is 18.2 Å². The van der Waals surface area contributed by atoms with Crippen LogP contribution < -0.4 is 11.2 Å². The highest BCUT2D eigenvalue weighted by Gasteiger charge is 2.31. The number of nitrogens with zero attached hydrogens (tertiary/aromatic N) is 4. The molecular weight excluding hydrogens is 779 g/mol. The Morgan fingerprint density at radius 1 is 0.914 bits per heavy atom. The fraction of sp³-hybridized carbons (Fsp3) is 0.698. The second-order valence-corrected chi connectivity index (χ2v) is 16.6. The van der Waals surface area contributed by atoms with Crippen LogP contribution in [0.4, 0.5) is 0 Å². The molecule has 58 heavy (non-hydrogen) atoms. The van der Waals surface area contributed by atoms with Gasteiger partial charge in [-0.15, -0.1) is 0 Å². The third kappa shape index (κ3) is 25.6. The monoisotopic (exact) mass is 850 g/mol. The summed E-state index contributed by atoms with van der Waals surface area (Å²) in [6, 6.07) is 10.7. The molecule has 15 heteroatoms. The van der Waals surface area contributed by atoms with Crippen molar-refractivity contribution in [2.24, 2.45) is 10.7 Å². The minimum atomic E-state index is -1.84. The van der Waals surface area contributed by atoms with Crippen molar-refractivity contribution in [1.82, 2.24) is 4.68 Å². The third-order valence-corrected chi connectivity index (χ3v) is 10.4. The van der Waals surface area contributed by atoms with Crippen molar-refractivity contribution in [1.29, 1.82) is 10.5 Å². The van der Waals surface area contributed by atoms with Gasteiger partial charge < -0.3 is 45.2 Å². The molecule has 0 radical (unpaired) electrons. The Morgan fingerprint density at radius 2 is 1.45 bits per heavy atom. The molecule has 3 atom stereocenters. The lowest BCUT2D eigenvalue weighted by Crippen LogP contribution is -2.32. The molecule has 7 N–H and O–H groups in total. The summed E-state index contributed by atoms with van der Waals surface area (Å²) in [6.07, 6.45) is 26.2. The Morgan fingerprint density at radius 3 is 1.97 bits per heavy atom. The molecule has 2 aromatic rings. The van der Waals surface area contributed by atoms with Crippen molar-refractivity contribution in [3.05, 3.63) is 57.9 Å². The lowest BCUT2D eigenvalue weighted by Gasteiger charge is -2.21. The Bertz CT molecular complexity index is 1440. The van der Waals surface area contributed by atoms with E-state index in [1.165, 1.54) is 117 Å². The molecule has 3 heterocycles. The van der Waals surface area contributed by atoms with Gasteiger partial charge in [-0.1, -0.05) is 128 Å². The number of aliphatic hydroxyl groups excluding tert-OH is 1. The topological polar surface area (TPSA) is 212 Å². The number of ether oxygens (including phenoxy) is 1. The quantitative estimate of drug-likeness (QED) is 0.0314. The van der Waals surface area contributed by atoms with E-state index < -0.39 is 14.4 Å². The molecule has 328 valence electrons. The van der Waals surface area contributed by atoms with Gasteiger partial charge in [-0.05, 0) is 69.0 Å². The number of nitrogens with two attached hydrogens (primary N) is 1. The van der Waals surface area contributed by atoms with E-state index in [0.29, 0.717) is 41.9 Å². The van der Waals surface area contributed by atoms with Gasteiger partial charge >= 0.3 is 8.60 Å². The molecular formula is C43H72ClN6O7P. The van der Waals surface area contributed by atoms with Gasteiger partial charge in [0, 0.05) is 11.6 Å². The number of rotatable bonds is 25. The van der Waals surface area contributed by atoms with Crippen LogP contribution in [0, 0.1) is 23.2 Å². The number of benzene rings is 1. The van der Waals surface area contributed by atoms with Crippen molar-refractivity contribution in [3.63, 3.8) is 0 Å². The molecule has 13 nitrogen and oxygen atoms in total. The molecule has 0 amide bonds. The molecule has 0 aliphatic carbocycles. The van der Waals surface area contributed by atoms with E-state index in [1.54, 1.807) is 18.2 Å². The molecule has 4 rings (SSSR count). The maximum absolute atomic E-state index is 10.1. The van der Waals surface area contributed by atoms with Crippen molar-refractivity contribution in [2.45, 2.75) is 174 Å². The minimum absolute atomic E-state index is 0.0219. The first kappa shape index (κ1) is 53.2. The van der Waals surface area contributed by atoms with Crippen LogP contribution >= 0.6 is 20.2 Å². The Hall–Kier alpha value is -2.81. The van der Waals surface area contributed by atoms with Crippen LogP contribution in [0.15, 0.2) is 35.3 Å². The molecule has 0 saturated carbocycles. The van der Waals surface area contributed by atoms with E-state index in [9.17, 15) is 4.89 Å². The summed E-state index contributed by atoms with van der Waals surface area (Å²) in [5.74, 6) is -0.958. The molecule has 1 fully saturated rings. The van der Waals surface area contributed by atoms with E-state index in [-0.39, 0.29) is 18.8 Å². The van der Waals surface area contributed by atoms with Crippen LogP contribution in [-0.4, -0.2) is 62.5 Å². The van der Waals surface area contributed by atoms with Gasteiger partial charge in [0.15, 0.2) is 5.79 Å². The molecule has 1 aromatic heterocycles. The van der Waals surface area contributed by atoms with Crippen LogP contribution in [0.5, 0.6) is 0 Å². The summed E-state index contributed by atoms with van der Waals surface area (Å²) in [5.41, 5.74) is 12.3. The van der Waals surface area contributed by atoms with Gasteiger partial charge in [-0.3, -0.25) is 4.68 Å². The van der Waals surface area contributed by atoms with Crippen molar-refractivity contribution < 1.29 is 34.0 Å². The number of unbranched alkanes of at least 4 members (excludes halogenated alkanes) is 17. The third-order valence-electron chi connectivity index (χ3n) is 9.43. The van der Waals surface area contributed by atoms with Crippen LogP contribution in [0.25, 0.3) is 0 Å². The largest absolute Gasteiger partial charge is 0.392 e. The lowest BCUT2D eigenvalue weighted by molar-refractivity contribution is -0.127. The maximum Gasteiger partial charge on any atom is 0.329 e. The zero-order valence-corrected chi connectivity index (χ0v) is 36.9. The molecule has 3 unspecified atom stereocenters. The van der Waals surface area contributed by atoms with Gasteiger partial charge in [0.05, 0.1) is 49.4 Å². The van der Waals surface area contributed by atoms with Gasteiger partial charge in [-0.25, -0.2) is 10.3 Å². The van der Waals surface area contributed by atoms with Crippen LogP contribution in [0.2, 0.25) is 5.02 Å². The first-order valence-corrected chi connectivity index (χ1v) is 22.6. The Kier molecular flexibility index (Phi) is 30.2. The highest BCUT2D eigenvalue weighted by Crippen LogP contribution is 2.38. The Labute approximate surface area is 354 Å². The highest BCUT2D eigenvalue weighted by molar-refractivity contribution is 7.40. The zero-order chi connectivity index (χ0) is 43.0. The number of hydrogen-bond acceptors (Lipinski definition) is 12. The number of nitriles is 2. The maximum atomic E-state index is 10.1. The Balaban J connectivity index is 0.000000772. The zero-order valence-electron chi connectivity index (χ0n) is 35.3. The second kappa shape index (κ2) is 33.0. The summed E-state index contributed by atoms with van der Waals surface area (Å²) in [4.78, 5) is 14.3. The van der Waals surface area contributed by atoms with E-state index in [2.05, 4.69) is 23.9 Å². The van der Waals surface area contributed by atoms with E-state index in [1.807, 2.05) is 22.9 Å². The average Bonchev–Trinajstić information content (AvgIpc) is 3.86. The summed E-state index contributed by atoms with van der Waals surface area (Å²) in [6.45, 7) is 9.66. The summed E-state index contributed by atoms with van der Waals surface area (Å²) < 4.78 is 19.2. The number of hydrogen-bond donors (Lipinski definition) is 6. The number of aliphatic imine (C=N–C) groups is 1. The molecule has 1 saturated heterocycles. The number of amidine groups is 1. The predicted octanol–water partition coefficient (Wildman–Crippen LogP) is 9.77. The van der Waals surface area contributed by atoms with Gasteiger partial charge in [0.25, 0.3) is 0 Å². The number of halogens is 1. The van der Waals surface area contributed by atoms with Crippen LogP contribution in [0.1, 0.15) is 178 Å². The van der Waals surface area contributed by atoms with Crippen molar-refractivity contribution in [3.8, 4) is 12.6 Å². The number of nitrogens with one attached hydrogen (secondary N) is 1. The van der Waals surface area contributed by atoms with E-state index >= 15 is 0 Å². The molecule has 2 aliphatic heterocycles. The fourth-order valence-corrected chi connectivity index (χ4v) is 7.45. The summed E-state index contributed by atoms with van der Waals surface area (Å²) in [5, 5.41) is 40.3. The molecule has 0 bridgehead atoms. The molecule has 0 spiro atoms. The molecule has 1 aromatic carbocycles. The number of fused-ring (bicyclic) bond motifs is 1. The minimum Gasteiger partial charge on any atom is -0.392 e. The summed E-state index contributed by atoms with van der Waals surface area (Å²) >= 11 is 5.65. The number of aliphatic hydroxyl groups is 3. The smallest absolute Gasteiger partial charge is 0.329 e. The molecule has 2 aliphatic rings. The summed E-state index contributed by atoms with van der Waals surface area (Å²) in [7, 11) is -1.84. The predicted molar refractivity (Wildman–Crippen MR) is 233 cm³/mol. The van der Waals surface area contributed by atoms with Crippen molar-refractivity contribution in [2.75, 3.05) is 25.3 Å². The average molecular weight is 852 g/mol. The first-order valence-electron chi connectivity index (χ1n) is 21.1. The van der Waals surface area contributed by atoms with Gasteiger partial charge in [-0.2, -0.15) is 5.26 Å². The van der Waals surface area contributed by atoms with Gasteiger partial charge in [0.2, 0.25) is 0 Å². The fourth-order valence-electron chi connectivity index (χ4n) is 6.54. The van der Waals surface area contributed by atoms with E-state index in [0.717, 1.165) is 37.1 Å².